The molecule has 3 nitrogen and oxygen atoms in total. The van der Waals surface area contributed by atoms with Crippen molar-refractivity contribution in [3.8, 4) is 0 Å². The van der Waals surface area contributed by atoms with E-state index in [0.717, 1.165) is 36.7 Å². The number of hydrogen-bond acceptors (Lipinski definition) is 4. The van der Waals surface area contributed by atoms with Gasteiger partial charge in [0.15, 0.2) is 0 Å². The van der Waals surface area contributed by atoms with E-state index in [1.807, 2.05) is 24.3 Å². The minimum Gasteiger partial charge on any atom is -0.462 e. The van der Waals surface area contributed by atoms with Crippen LogP contribution in [0.5, 0.6) is 0 Å². The highest BCUT2D eigenvalue weighted by atomic mass is 32.2. The van der Waals surface area contributed by atoms with Gasteiger partial charge in [-0.05, 0) is 43.5 Å². The summed E-state index contributed by atoms with van der Waals surface area (Å²) in [5.41, 5.74) is 0.645. The van der Waals surface area contributed by atoms with E-state index in [0.29, 0.717) is 12.2 Å². The van der Waals surface area contributed by atoms with Crippen LogP contribution in [0, 0.1) is 0 Å². The van der Waals surface area contributed by atoms with Crippen LogP contribution in [-0.4, -0.2) is 42.9 Å². The molecule has 0 atom stereocenters. The Balaban J connectivity index is 2.37. The summed E-state index contributed by atoms with van der Waals surface area (Å²) in [5, 5.41) is 0. The molecular formula is C16H25NO2S. The molecule has 0 aliphatic heterocycles. The molecule has 0 saturated heterocycles. The number of rotatable bonds is 9. The molecule has 0 amide bonds. The Hall–Kier alpha value is -1.00. The largest absolute Gasteiger partial charge is 0.462 e. The van der Waals surface area contributed by atoms with Crippen LogP contribution in [0.2, 0.25) is 0 Å². The highest BCUT2D eigenvalue weighted by molar-refractivity contribution is 7.99. The summed E-state index contributed by atoms with van der Waals surface area (Å²) >= 11 is 1.73. The summed E-state index contributed by atoms with van der Waals surface area (Å²) in [6.07, 6.45) is 0.886. The third-order valence-corrected chi connectivity index (χ3v) is 4.00. The van der Waals surface area contributed by atoms with Gasteiger partial charge in [0, 0.05) is 11.4 Å². The van der Waals surface area contributed by atoms with E-state index >= 15 is 0 Å². The number of esters is 1. The summed E-state index contributed by atoms with van der Waals surface area (Å²) in [6.45, 7) is 9.94. The maximum atomic E-state index is 11.9. The molecule has 0 N–H and O–H groups in total. The Morgan fingerprint density at radius 3 is 2.65 bits per heavy atom. The average molecular weight is 295 g/mol. The fourth-order valence-electron chi connectivity index (χ4n) is 1.96. The minimum absolute atomic E-state index is 0.219. The molecule has 0 aromatic heterocycles. The van der Waals surface area contributed by atoms with Gasteiger partial charge in [0.25, 0.3) is 0 Å². The van der Waals surface area contributed by atoms with Gasteiger partial charge in [0.2, 0.25) is 0 Å². The molecule has 0 fully saturated rings. The molecule has 4 heteroatoms. The third-order valence-electron chi connectivity index (χ3n) is 3.13. The van der Waals surface area contributed by atoms with E-state index in [2.05, 4.69) is 25.7 Å². The molecule has 0 saturated carbocycles. The standard InChI is InChI=1S/C16H25NO2S/c1-4-17(5-2)11-8-12-19-16(18)14-9-7-10-15(13-14)20-6-3/h7,9-10,13H,4-6,8,11-12H2,1-3H3. The van der Waals surface area contributed by atoms with Crippen LogP contribution in [0.4, 0.5) is 0 Å². The highest BCUT2D eigenvalue weighted by Crippen LogP contribution is 2.19. The number of carbonyl (C=O) groups is 1. The van der Waals surface area contributed by atoms with E-state index < -0.39 is 0 Å². The molecule has 0 radical (unpaired) electrons. The minimum atomic E-state index is -0.219. The van der Waals surface area contributed by atoms with Crippen molar-refractivity contribution in [2.24, 2.45) is 0 Å². The summed E-state index contributed by atoms with van der Waals surface area (Å²) in [5.74, 6) is 0.783. The number of nitrogens with zero attached hydrogens (tertiary/aromatic N) is 1. The molecule has 112 valence electrons. The normalized spacial score (nSPS) is 10.8. The predicted octanol–water partition coefficient (Wildman–Crippen LogP) is 3.69. The second kappa shape index (κ2) is 9.83. The lowest BCUT2D eigenvalue weighted by atomic mass is 10.2. The van der Waals surface area contributed by atoms with Crippen molar-refractivity contribution in [1.29, 1.82) is 0 Å². The molecule has 0 aliphatic carbocycles. The van der Waals surface area contributed by atoms with Gasteiger partial charge < -0.3 is 9.64 Å². The van der Waals surface area contributed by atoms with Crippen molar-refractivity contribution in [1.82, 2.24) is 4.90 Å². The first-order valence-corrected chi connectivity index (χ1v) is 8.32. The molecule has 1 aromatic carbocycles. The lowest BCUT2D eigenvalue weighted by Crippen LogP contribution is -2.25. The number of ether oxygens (including phenoxy) is 1. The Morgan fingerprint density at radius 1 is 1.25 bits per heavy atom. The van der Waals surface area contributed by atoms with Crippen molar-refractivity contribution >= 4 is 17.7 Å². The van der Waals surface area contributed by atoms with Crippen LogP contribution >= 0.6 is 11.8 Å². The maximum absolute atomic E-state index is 11.9. The monoisotopic (exact) mass is 295 g/mol. The first kappa shape index (κ1) is 17.1. The predicted molar refractivity (Wildman–Crippen MR) is 85.5 cm³/mol. The fourth-order valence-corrected chi connectivity index (χ4v) is 2.67. The van der Waals surface area contributed by atoms with Crippen LogP contribution < -0.4 is 0 Å². The van der Waals surface area contributed by atoms with Gasteiger partial charge in [0.1, 0.15) is 0 Å². The SMILES string of the molecule is CCSc1cccc(C(=O)OCCCN(CC)CC)c1. The number of thioether (sulfide) groups is 1. The molecule has 0 unspecified atom stereocenters. The topological polar surface area (TPSA) is 29.5 Å². The first-order valence-electron chi connectivity index (χ1n) is 7.33. The number of benzene rings is 1. The molecule has 0 bridgehead atoms. The first-order chi connectivity index (χ1) is 9.71. The summed E-state index contributed by atoms with van der Waals surface area (Å²) in [6, 6.07) is 7.64. The van der Waals surface area contributed by atoms with Crippen molar-refractivity contribution < 1.29 is 9.53 Å². The average Bonchev–Trinajstić information content (AvgIpc) is 2.48. The van der Waals surface area contributed by atoms with Gasteiger partial charge in [-0.25, -0.2) is 4.79 Å². The Bertz CT molecular complexity index is 405. The van der Waals surface area contributed by atoms with Crippen LogP contribution in [0.1, 0.15) is 37.6 Å². The van der Waals surface area contributed by atoms with Gasteiger partial charge in [-0.3, -0.25) is 0 Å². The van der Waals surface area contributed by atoms with E-state index in [1.165, 1.54) is 0 Å². The zero-order valence-corrected chi connectivity index (χ0v) is 13.5. The molecule has 0 heterocycles. The van der Waals surface area contributed by atoms with Crippen LogP contribution in [-0.2, 0) is 4.74 Å². The third kappa shape index (κ3) is 5.97. The van der Waals surface area contributed by atoms with E-state index in [9.17, 15) is 4.79 Å². The highest BCUT2D eigenvalue weighted by Gasteiger charge is 2.08. The second-order valence-electron chi connectivity index (χ2n) is 4.48. The van der Waals surface area contributed by atoms with Crippen molar-refractivity contribution in [3.63, 3.8) is 0 Å². The van der Waals surface area contributed by atoms with Crippen LogP contribution in [0.25, 0.3) is 0 Å². The van der Waals surface area contributed by atoms with E-state index in [-0.39, 0.29) is 5.97 Å². The van der Waals surface area contributed by atoms with Gasteiger partial charge in [-0.1, -0.05) is 26.8 Å². The van der Waals surface area contributed by atoms with Gasteiger partial charge >= 0.3 is 5.97 Å². The number of hydrogen-bond donors (Lipinski definition) is 0. The summed E-state index contributed by atoms with van der Waals surface area (Å²) in [4.78, 5) is 15.4. The molecular weight excluding hydrogens is 270 g/mol. The summed E-state index contributed by atoms with van der Waals surface area (Å²) in [7, 11) is 0. The Kier molecular flexibility index (Phi) is 8.38. The molecule has 1 aromatic rings. The van der Waals surface area contributed by atoms with Crippen LogP contribution in [0.15, 0.2) is 29.2 Å². The number of carbonyl (C=O) groups excluding carboxylic acids is 1. The van der Waals surface area contributed by atoms with Gasteiger partial charge in [-0.15, -0.1) is 11.8 Å². The summed E-state index contributed by atoms with van der Waals surface area (Å²) < 4.78 is 5.33. The lowest BCUT2D eigenvalue weighted by Gasteiger charge is -2.17. The van der Waals surface area contributed by atoms with E-state index in [4.69, 9.17) is 4.74 Å². The van der Waals surface area contributed by atoms with E-state index in [1.54, 1.807) is 11.8 Å². The molecule has 20 heavy (non-hydrogen) atoms. The quantitative estimate of drug-likeness (QED) is 0.395. The molecule has 0 spiro atoms. The fraction of sp³-hybridized carbons (Fsp3) is 0.562. The lowest BCUT2D eigenvalue weighted by molar-refractivity contribution is 0.0489. The van der Waals surface area contributed by atoms with Gasteiger partial charge in [0.05, 0.1) is 12.2 Å². The van der Waals surface area contributed by atoms with Crippen LogP contribution in [0.3, 0.4) is 0 Å². The molecule has 1 rings (SSSR count). The van der Waals surface area contributed by atoms with Crippen molar-refractivity contribution in [2.75, 3.05) is 32.0 Å². The maximum Gasteiger partial charge on any atom is 0.338 e. The molecule has 0 aliphatic rings. The Morgan fingerprint density at radius 2 is 2.00 bits per heavy atom. The van der Waals surface area contributed by atoms with Crippen molar-refractivity contribution in [3.05, 3.63) is 29.8 Å². The van der Waals surface area contributed by atoms with Crippen molar-refractivity contribution in [2.45, 2.75) is 32.1 Å². The smallest absolute Gasteiger partial charge is 0.338 e. The van der Waals surface area contributed by atoms with Gasteiger partial charge in [-0.2, -0.15) is 0 Å². The Labute approximate surface area is 126 Å². The zero-order valence-electron chi connectivity index (χ0n) is 12.7. The second-order valence-corrected chi connectivity index (χ2v) is 5.81. The zero-order chi connectivity index (χ0) is 14.8.